The van der Waals surface area contributed by atoms with Gasteiger partial charge in [0.2, 0.25) is 10.0 Å². The second-order valence-corrected chi connectivity index (χ2v) is 6.28. The first-order valence-electron chi connectivity index (χ1n) is 5.26. The van der Waals surface area contributed by atoms with E-state index in [9.17, 15) is 8.42 Å². The number of nitrogens with zero attached hydrogens (tertiary/aromatic N) is 1. The molecule has 17 heavy (non-hydrogen) atoms. The highest BCUT2D eigenvalue weighted by Crippen LogP contribution is 2.24. The normalized spacial score (nSPS) is 12.1. The van der Waals surface area contributed by atoms with Crippen LogP contribution in [0.25, 0.3) is 0 Å². The van der Waals surface area contributed by atoms with Crippen LogP contribution in [0.2, 0.25) is 5.02 Å². The summed E-state index contributed by atoms with van der Waals surface area (Å²) in [4.78, 5) is 0.156. The van der Waals surface area contributed by atoms with E-state index in [2.05, 4.69) is 5.32 Å². The molecule has 96 valence electrons. The second kappa shape index (κ2) is 5.82. The lowest BCUT2D eigenvalue weighted by Gasteiger charge is -2.17. The first-order valence-corrected chi connectivity index (χ1v) is 7.08. The Morgan fingerprint density at radius 2 is 2.06 bits per heavy atom. The molecule has 1 aromatic carbocycles. The Kier molecular flexibility index (Phi) is 4.94. The van der Waals surface area contributed by atoms with E-state index in [1.165, 1.54) is 4.31 Å². The van der Waals surface area contributed by atoms with Crippen LogP contribution in [0, 0.1) is 6.92 Å². The van der Waals surface area contributed by atoms with Crippen LogP contribution in [-0.4, -0.2) is 39.9 Å². The molecule has 0 heterocycles. The van der Waals surface area contributed by atoms with E-state index in [0.717, 1.165) is 5.56 Å². The molecule has 6 heteroatoms. The second-order valence-electron chi connectivity index (χ2n) is 3.86. The first-order chi connectivity index (χ1) is 7.89. The zero-order chi connectivity index (χ0) is 13.1. The zero-order valence-electron chi connectivity index (χ0n) is 10.2. The molecule has 0 aliphatic carbocycles. The van der Waals surface area contributed by atoms with Gasteiger partial charge in [0.25, 0.3) is 0 Å². The fourth-order valence-corrected chi connectivity index (χ4v) is 3.11. The molecule has 0 amide bonds. The third-order valence-electron chi connectivity index (χ3n) is 2.45. The van der Waals surface area contributed by atoms with Gasteiger partial charge in [0, 0.05) is 20.1 Å². The van der Waals surface area contributed by atoms with Gasteiger partial charge in [-0.05, 0) is 31.7 Å². The smallest absolute Gasteiger partial charge is 0.244 e. The van der Waals surface area contributed by atoms with Crippen LogP contribution >= 0.6 is 11.6 Å². The van der Waals surface area contributed by atoms with Gasteiger partial charge in [-0.3, -0.25) is 0 Å². The maximum Gasteiger partial charge on any atom is 0.244 e. The van der Waals surface area contributed by atoms with E-state index in [1.807, 2.05) is 6.92 Å². The minimum atomic E-state index is -3.50. The van der Waals surface area contributed by atoms with Crippen LogP contribution in [0.5, 0.6) is 0 Å². The summed E-state index contributed by atoms with van der Waals surface area (Å²) in [6.07, 6.45) is 0. The fourth-order valence-electron chi connectivity index (χ4n) is 1.37. The van der Waals surface area contributed by atoms with Gasteiger partial charge in [-0.1, -0.05) is 17.7 Å². The highest BCUT2D eigenvalue weighted by molar-refractivity contribution is 7.89. The summed E-state index contributed by atoms with van der Waals surface area (Å²) < 4.78 is 25.7. The summed E-state index contributed by atoms with van der Waals surface area (Å²) in [5, 5.41) is 3.17. The molecule has 1 aromatic rings. The molecular formula is C11H17ClN2O2S. The number of aryl methyl sites for hydroxylation is 1. The van der Waals surface area contributed by atoms with E-state index in [1.54, 1.807) is 32.3 Å². The zero-order valence-corrected chi connectivity index (χ0v) is 11.8. The summed E-state index contributed by atoms with van der Waals surface area (Å²) in [6.45, 7) is 2.87. The van der Waals surface area contributed by atoms with Crippen molar-refractivity contribution in [3.05, 3.63) is 28.8 Å². The van der Waals surface area contributed by atoms with Crippen molar-refractivity contribution in [2.75, 3.05) is 27.2 Å². The van der Waals surface area contributed by atoms with Crippen LogP contribution in [0.1, 0.15) is 5.56 Å². The van der Waals surface area contributed by atoms with Crippen molar-refractivity contribution in [3.63, 3.8) is 0 Å². The third kappa shape index (κ3) is 3.42. The topological polar surface area (TPSA) is 49.4 Å². The molecule has 4 nitrogen and oxygen atoms in total. The Morgan fingerprint density at radius 1 is 1.41 bits per heavy atom. The quantitative estimate of drug-likeness (QED) is 0.886. The molecule has 0 atom stereocenters. The largest absolute Gasteiger partial charge is 0.318 e. The maximum absolute atomic E-state index is 12.2. The average Bonchev–Trinajstić information content (AvgIpc) is 2.25. The van der Waals surface area contributed by atoms with E-state index in [-0.39, 0.29) is 9.92 Å². The number of benzene rings is 1. The van der Waals surface area contributed by atoms with Gasteiger partial charge < -0.3 is 5.32 Å². The number of halogens is 1. The molecule has 0 saturated heterocycles. The lowest BCUT2D eigenvalue weighted by molar-refractivity contribution is 0.466. The van der Waals surface area contributed by atoms with Crippen LogP contribution in [-0.2, 0) is 10.0 Å². The van der Waals surface area contributed by atoms with Gasteiger partial charge in [0.1, 0.15) is 4.90 Å². The van der Waals surface area contributed by atoms with Crippen molar-refractivity contribution in [3.8, 4) is 0 Å². The monoisotopic (exact) mass is 276 g/mol. The number of hydrogen-bond donors (Lipinski definition) is 1. The lowest BCUT2D eigenvalue weighted by Crippen LogP contribution is -2.33. The number of nitrogens with one attached hydrogen (secondary N) is 1. The van der Waals surface area contributed by atoms with E-state index in [0.29, 0.717) is 13.1 Å². The molecule has 0 unspecified atom stereocenters. The molecule has 0 aliphatic rings. The number of likely N-dealkylation sites (N-methyl/N-ethyl adjacent to an activating group) is 2. The maximum atomic E-state index is 12.2. The van der Waals surface area contributed by atoms with E-state index in [4.69, 9.17) is 11.6 Å². The lowest BCUT2D eigenvalue weighted by atomic mass is 10.2. The SMILES string of the molecule is CNCCN(C)S(=O)(=O)c1ccc(C)cc1Cl. The standard InChI is InChI=1S/C11H17ClN2O2S/c1-9-4-5-11(10(12)8-9)17(15,16)14(3)7-6-13-2/h4-5,8,13H,6-7H2,1-3H3. The molecule has 0 radical (unpaired) electrons. The van der Waals surface area contributed by atoms with Crippen LogP contribution in [0.3, 0.4) is 0 Å². The molecule has 0 saturated carbocycles. The molecule has 1 rings (SSSR count). The van der Waals surface area contributed by atoms with Gasteiger partial charge in [-0.2, -0.15) is 4.31 Å². The summed E-state index contributed by atoms with van der Waals surface area (Å²) >= 11 is 5.97. The van der Waals surface area contributed by atoms with Crippen molar-refractivity contribution >= 4 is 21.6 Å². The third-order valence-corrected chi connectivity index (χ3v) is 4.79. The molecule has 0 aromatic heterocycles. The molecule has 1 N–H and O–H groups in total. The molecule has 0 aliphatic heterocycles. The van der Waals surface area contributed by atoms with Crippen molar-refractivity contribution in [1.29, 1.82) is 0 Å². The van der Waals surface area contributed by atoms with E-state index >= 15 is 0 Å². The van der Waals surface area contributed by atoms with Crippen molar-refractivity contribution < 1.29 is 8.42 Å². The highest BCUT2D eigenvalue weighted by atomic mass is 35.5. The summed E-state index contributed by atoms with van der Waals surface area (Å²) in [6, 6.07) is 4.94. The Morgan fingerprint density at radius 3 is 2.59 bits per heavy atom. The number of sulfonamides is 1. The predicted molar refractivity (Wildman–Crippen MR) is 69.9 cm³/mol. The fraction of sp³-hybridized carbons (Fsp3) is 0.455. The number of rotatable bonds is 5. The molecular weight excluding hydrogens is 260 g/mol. The summed E-state index contributed by atoms with van der Waals surface area (Å²) in [5.41, 5.74) is 0.937. The van der Waals surface area contributed by atoms with Gasteiger partial charge in [0.15, 0.2) is 0 Å². The van der Waals surface area contributed by atoms with Crippen LogP contribution in [0.4, 0.5) is 0 Å². The van der Waals surface area contributed by atoms with Gasteiger partial charge in [0.05, 0.1) is 5.02 Å². The Balaban J connectivity index is 3.04. The minimum absolute atomic E-state index is 0.156. The Hall–Kier alpha value is -0.620. The minimum Gasteiger partial charge on any atom is -0.318 e. The predicted octanol–water partition coefficient (Wildman–Crippen LogP) is 1.49. The van der Waals surface area contributed by atoms with Crippen molar-refractivity contribution in [2.24, 2.45) is 0 Å². The number of hydrogen-bond acceptors (Lipinski definition) is 3. The first kappa shape index (κ1) is 14.4. The van der Waals surface area contributed by atoms with Crippen molar-refractivity contribution in [1.82, 2.24) is 9.62 Å². The van der Waals surface area contributed by atoms with Gasteiger partial charge >= 0.3 is 0 Å². The molecule has 0 spiro atoms. The average molecular weight is 277 g/mol. The van der Waals surface area contributed by atoms with Crippen molar-refractivity contribution in [2.45, 2.75) is 11.8 Å². The summed E-state index contributed by atoms with van der Waals surface area (Å²) in [7, 11) is -0.176. The summed E-state index contributed by atoms with van der Waals surface area (Å²) in [5.74, 6) is 0. The Bertz CT molecular complexity index is 488. The van der Waals surface area contributed by atoms with Crippen LogP contribution < -0.4 is 5.32 Å². The Labute approximate surface area is 108 Å². The van der Waals surface area contributed by atoms with Crippen LogP contribution in [0.15, 0.2) is 23.1 Å². The van der Waals surface area contributed by atoms with Gasteiger partial charge in [-0.15, -0.1) is 0 Å². The molecule has 0 bridgehead atoms. The van der Waals surface area contributed by atoms with E-state index < -0.39 is 10.0 Å². The highest BCUT2D eigenvalue weighted by Gasteiger charge is 2.22. The van der Waals surface area contributed by atoms with Gasteiger partial charge in [-0.25, -0.2) is 8.42 Å². The molecule has 0 fully saturated rings.